The minimum Gasteiger partial charge on any atom is -0.441 e. The lowest BCUT2D eigenvalue weighted by Gasteiger charge is -2.28. The van der Waals surface area contributed by atoms with E-state index in [0.29, 0.717) is 59.3 Å². The summed E-state index contributed by atoms with van der Waals surface area (Å²) in [7, 11) is 0. The van der Waals surface area contributed by atoms with Crippen molar-refractivity contribution in [2.75, 3.05) is 79.3 Å². The van der Waals surface area contributed by atoms with Crippen molar-refractivity contribution in [3.05, 3.63) is 20.9 Å². The minimum atomic E-state index is -0.470. The van der Waals surface area contributed by atoms with Gasteiger partial charge in [0.15, 0.2) is 6.79 Å². The summed E-state index contributed by atoms with van der Waals surface area (Å²) < 4.78 is 31.6. The third-order valence-corrected chi connectivity index (χ3v) is 3.11. The predicted molar refractivity (Wildman–Crippen MR) is 97.4 cm³/mol. The maximum atomic E-state index is 10.2. The van der Waals surface area contributed by atoms with E-state index in [4.69, 9.17) is 34.7 Å². The van der Waals surface area contributed by atoms with Gasteiger partial charge in [0.1, 0.15) is 0 Å². The largest absolute Gasteiger partial charge is 0.441 e. The molecular formula is C15H28N6O7. The van der Waals surface area contributed by atoms with Gasteiger partial charge in [-0.2, -0.15) is 0 Å². The third-order valence-electron chi connectivity index (χ3n) is 3.11. The standard InChI is InChI=1S/C15H28N6O7/c1-15(12-27-14-28-13-22,10-25-8-6-23-4-2-18-20-16)11-26-9-7-24-5-3-19-21-17/h13H,2-12,14H2,1H3. The van der Waals surface area contributed by atoms with Gasteiger partial charge in [-0.1, -0.05) is 17.2 Å². The molecule has 0 N–H and O–H groups in total. The number of rotatable bonds is 21. The molecule has 0 heterocycles. The first kappa shape index (κ1) is 25.9. The van der Waals surface area contributed by atoms with Crippen LogP contribution in [0.25, 0.3) is 20.9 Å². The molecule has 13 heteroatoms. The summed E-state index contributed by atoms with van der Waals surface area (Å²) in [5.74, 6) is 0. The molecule has 0 fully saturated rings. The Morgan fingerprint density at radius 3 is 1.71 bits per heavy atom. The van der Waals surface area contributed by atoms with Crippen molar-refractivity contribution in [3.63, 3.8) is 0 Å². The lowest BCUT2D eigenvalue weighted by Crippen LogP contribution is -2.35. The summed E-state index contributed by atoms with van der Waals surface area (Å²) in [5, 5.41) is 6.72. The second-order valence-electron chi connectivity index (χ2n) is 5.78. The number of carbonyl (C=O) groups excluding carboxylic acids is 1. The van der Waals surface area contributed by atoms with Crippen LogP contribution in [0.2, 0.25) is 0 Å². The molecule has 0 aliphatic heterocycles. The number of hydrogen-bond donors (Lipinski definition) is 0. The molecule has 0 spiro atoms. The van der Waals surface area contributed by atoms with Crippen LogP contribution in [0.5, 0.6) is 0 Å². The van der Waals surface area contributed by atoms with E-state index in [9.17, 15) is 4.79 Å². The van der Waals surface area contributed by atoms with Crippen molar-refractivity contribution in [1.82, 2.24) is 0 Å². The van der Waals surface area contributed by atoms with Gasteiger partial charge in [0.05, 0.1) is 59.5 Å². The molecule has 0 unspecified atom stereocenters. The molecule has 0 aromatic carbocycles. The van der Waals surface area contributed by atoms with Gasteiger partial charge in [-0.15, -0.1) is 0 Å². The van der Waals surface area contributed by atoms with E-state index in [1.165, 1.54) is 0 Å². The molecule has 0 saturated carbocycles. The molecule has 0 aromatic rings. The zero-order valence-corrected chi connectivity index (χ0v) is 16.1. The summed E-state index contributed by atoms with van der Waals surface area (Å²) in [5.41, 5.74) is 15.8. The summed E-state index contributed by atoms with van der Waals surface area (Å²) in [6.45, 7) is 5.69. The zero-order chi connectivity index (χ0) is 20.8. The Kier molecular flexibility index (Phi) is 18.2. The molecule has 0 aliphatic rings. The maximum absolute atomic E-state index is 10.2. The third kappa shape index (κ3) is 17.3. The molecular weight excluding hydrogens is 376 g/mol. The van der Waals surface area contributed by atoms with Crippen LogP contribution in [0.3, 0.4) is 0 Å². The Morgan fingerprint density at radius 1 is 0.786 bits per heavy atom. The quantitative estimate of drug-likeness (QED) is 0.0701. The van der Waals surface area contributed by atoms with Crippen molar-refractivity contribution in [1.29, 1.82) is 0 Å². The number of nitrogens with zero attached hydrogens (tertiary/aromatic N) is 6. The maximum Gasteiger partial charge on any atom is 0.295 e. The summed E-state index contributed by atoms with van der Waals surface area (Å²) in [4.78, 5) is 15.4. The molecule has 0 rings (SSSR count). The molecule has 13 nitrogen and oxygen atoms in total. The van der Waals surface area contributed by atoms with Gasteiger partial charge in [-0.3, -0.25) is 4.79 Å². The van der Waals surface area contributed by atoms with Crippen LogP contribution in [0.4, 0.5) is 0 Å². The lowest BCUT2D eigenvalue weighted by atomic mass is 9.94. The van der Waals surface area contributed by atoms with E-state index in [-0.39, 0.29) is 26.5 Å². The van der Waals surface area contributed by atoms with Crippen LogP contribution < -0.4 is 0 Å². The first-order valence-electron chi connectivity index (χ1n) is 8.64. The summed E-state index contributed by atoms with van der Waals surface area (Å²) >= 11 is 0. The van der Waals surface area contributed by atoms with Crippen molar-refractivity contribution < 1.29 is 33.2 Å². The normalized spacial score (nSPS) is 12.5. The van der Waals surface area contributed by atoms with E-state index >= 15 is 0 Å². The van der Waals surface area contributed by atoms with Crippen molar-refractivity contribution >= 4 is 6.47 Å². The first-order valence-corrected chi connectivity index (χ1v) is 8.64. The average molecular weight is 404 g/mol. The van der Waals surface area contributed by atoms with Crippen LogP contribution in [0.1, 0.15) is 6.92 Å². The number of carbonyl (C=O) groups is 1. The fourth-order valence-corrected chi connectivity index (χ4v) is 1.87. The highest BCUT2D eigenvalue weighted by atomic mass is 16.7. The molecule has 0 radical (unpaired) electrons. The second kappa shape index (κ2) is 19.6. The molecule has 0 amide bonds. The van der Waals surface area contributed by atoms with Crippen molar-refractivity contribution in [2.45, 2.75) is 6.92 Å². The van der Waals surface area contributed by atoms with Gasteiger partial charge in [-0.05, 0) is 11.1 Å². The van der Waals surface area contributed by atoms with Gasteiger partial charge in [-0.25, -0.2) is 0 Å². The van der Waals surface area contributed by atoms with Gasteiger partial charge >= 0.3 is 0 Å². The van der Waals surface area contributed by atoms with Crippen LogP contribution in [-0.2, 0) is 33.2 Å². The van der Waals surface area contributed by atoms with Crippen LogP contribution in [0, 0.1) is 5.41 Å². The average Bonchev–Trinajstić information content (AvgIpc) is 2.69. The van der Waals surface area contributed by atoms with Crippen LogP contribution >= 0.6 is 0 Å². The SMILES string of the molecule is CC(COCCOCCN=[N+]=[N-])(COCCOCCN=[N+]=[N-])COCOC=O. The first-order chi connectivity index (χ1) is 13.7. The Labute approximate surface area is 163 Å². The van der Waals surface area contributed by atoms with E-state index < -0.39 is 5.41 Å². The van der Waals surface area contributed by atoms with Crippen LogP contribution in [-0.4, -0.2) is 85.8 Å². The predicted octanol–water partition coefficient (Wildman–Crippen LogP) is 1.83. The van der Waals surface area contributed by atoms with E-state index in [1.54, 1.807) is 0 Å². The highest BCUT2D eigenvalue weighted by Gasteiger charge is 2.26. The number of hydrogen-bond acceptors (Lipinski definition) is 9. The Morgan fingerprint density at radius 2 is 1.25 bits per heavy atom. The molecule has 0 aliphatic carbocycles. The smallest absolute Gasteiger partial charge is 0.295 e. The summed E-state index contributed by atoms with van der Waals surface area (Å²) in [6, 6.07) is 0. The molecule has 0 bridgehead atoms. The minimum absolute atomic E-state index is 0.149. The molecule has 0 atom stereocenters. The Bertz CT molecular complexity index is 452. The second-order valence-corrected chi connectivity index (χ2v) is 5.78. The number of ether oxygens (including phenoxy) is 6. The van der Waals surface area contributed by atoms with Gasteiger partial charge in [0.2, 0.25) is 0 Å². The van der Waals surface area contributed by atoms with Crippen molar-refractivity contribution in [3.8, 4) is 0 Å². The van der Waals surface area contributed by atoms with Crippen molar-refractivity contribution in [2.24, 2.45) is 15.6 Å². The lowest BCUT2D eigenvalue weighted by molar-refractivity contribution is -0.148. The Hall–Kier alpha value is -2.11. The fraction of sp³-hybridized carbons (Fsp3) is 0.933. The Balaban J connectivity index is 4.04. The van der Waals surface area contributed by atoms with Gasteiger partial charge in [0, 0.05) is 28.3 Å². The molecule has 160 valence electrons. The topological polar surface area (TPSA) is 170 Å². The van der Waals surface area contributed by atoms with Gasteiger partial charge in [0.25, 0.3) is 6.47 Å². The van der Waals surface area contributed by atoms with E-state index in [0.717, 1.165) is 0 Å². The molecule has 0 saturated heterocycles. The van der Waals surface area contributed by atoms with Crippen LogP contribution in [0.15, 0.2) is 10.2 Å². The van der Waals surface area contributed by atoms with Gasteiger partial charge < -0.3 is 28.4 Å². The van der Waals surface area contributed by atoms with E-state index in [2.05, 4.69) is 24.8 Å². The fourth-order valence-electron chi connectivity index (χ4n) is 1.87. The van der Waals surface area contributed by atoms with E-state index in [1.807, 2.05) is 6.92 Å². The zero-order valence-electron chi connectivity index (χ0n) is 16.1. The highest BCUT2D eigenvalue weighted by molar-refractivity contribution is 5.36. The molecule has 0 aromatic heterocycles. The molecule has 28 heavy (non-hydrogen) atoms. The number of azide groups is 2. The monoisotopic (exact) mass is 404 g/mol. The summed E-state index contributed by atoms with van der Waals surface area (Å²) in [6.07, 6.45) is 0. The highest BCUT2D eigenvalue weighted by Crippen LogP contribution is 2.18.